The lowest BCUT2D eigenvalue weighted by molar-refractivity contribution is -0.134. The van der Waals surface area contributed by atoms with Crippen LogP contribution < -0.4 is 10.6 Å². The average molecular weight is 386 g/mol. The molecule has 1 aliphatic heterocycles. The van der Waals surface area contributed by atoms with E-state index >= 15 is 0 Å². The van der Waals surface area contributed by atoms with E-state index in [0.717, 1.165) is 10.5 Å². The van der Waals surface area contributed by atoms with E-state index in [9.17, 15) is 14.4 Å². The molecule has 0 saturated carbocycles. The molecule has 0 bridgehead atoms. The predicted molar refractivity (Wildman–Crippen MR) is 102 cm³/mol. The van der Waals surface area contributed by atoms with E-state index in [1.807, 2.05) is 18.2 Å². The van der Waals surface area contributed by atoms with Crippen LogP contribution in [-0.2, 0) is 21.5 Å². The first-order chi connectivity index (χ1) is 12.9. The molecule has 1 aliphatic rings. The Balaban J connectivity index is 1.57. The van der Waals surface area contributed by atoms with Crippen LogP contribution in [0.2, 0.25) is 5.02 Å². The van der Waals surface area contributed by atoms with Crippen molar-refractivity contribution in [3.8, 4) is 0 Å². The third-order valence-corrected chi connectivity index (χ3v) is 4.83. The van der Waals surface area contributed by atoms with Crippen molar-refractivity contribution in [2.24, 2.45) is 0 Å². The van der Waals surface area contributed by atoms with E-state index < -0.39 is 17.5 Å². The second-order valence-electron chi connectivity index (χ2n) is 6.54. The van der Waals surface area contributed by atoms with Gasteiger partial charge >= 0.3 is 6.03 Å². The van der Waals surface area contributed by atoms with Gasteiger partial charge < -0.3 is 10.6 Å². The summed E-state index contributed by atoms with van der Waals surface area (Å²) in [5.41, 5.74) is 0.544. The molecule has 0 spiro atoms. The molecule has 0 aromatic heterocycles. The van der Waals surface area contributed by atoms with Crippen LogP contribution in [0.1, 0.15) is 18.1 Å². The Labute approximate surface area is 162 Å². The summed E-state index contributed by atoms with van der Waals surface area (Å²) in [6, 6.07) is 15.8. The minimum absolute atomic E-state index is 0.312. The summed E-state index contributed by atoms with van der Waals surface area (Å²) in [5, 5.41) is 6.07. The van der Waals surface area contributed by atoms with Crippen LogP contribution >= 0.6 is 11.6 Å². The highest BCUT2D eigenvalue weighted by Crippen LogP contribution is 2.28. The molecular formula is C20H20ClN3O3. The van der Waals surface area contributed by atoms with Gasteiger partial charge in [-0.05, 0) is 36.6 Å². The van der Waals surface area contributed by atoms with Crippen LogP contribution in [0.4, 0.5) is 4.79 Å². The highest BCUT2D eigenvalue weighted by molar-refractivity contribution is 6.30. The molecule has 0 aliphatic carbocycles. The highest BCUT2D eigenvalue weighted by atomic mass is 35.5. The number of carbonyl (C=O) groups excluding carboxylic acids is 3. The molecular weight excluding hydrogens is 366 g/mol. The number of rotatable bonds is 6. The molecule has 6 nitrogen and oxygen atoms in total. The normalized spacial score (nSPS) is 19.1. The lowest BCUT2D eigenvalue weighted by atomic mass is 9.92. The number of nitrogens with zero attached hydrogens (tertiary/aromatic N) is 1. The number of carbonyl (C=O) groups is 3. The topological polar surface area (TPSA) is 78.5 Å². The fourth-order valence-corrected chi connectivity index (χ4v) is 3.13. The second-order valence-corrected chi connectivity index (χ2v) is 6.98. The standard InChI is InChI=1S/C20H20ClN3O3/c1-20(15-5-3-2-4-6-15)18(26)24(19(27)23-20)13-17(25)22-12-11-14-7-9-16(21)10-8-14/h2-10H,11-13H2,1H3,(H,22,25)(H,23,27)/t20-/m0/s1. The Hall–Kier alpha value is -2.86. The van der Waals surface area contributed by atoms with Crippen LogP contribution in [-0.4, -0.2) is 35.8 Å². The zero-order valence-corrected chi connectivity index (χ0v) is 15.6. The minimum Gasteiger partial charge on any atom is -0.354 e. The maximum absolute atomic E-state index is 12.8. The molecule has 1 saturated heterocycles. The van der Waals surface area contributed by atoms with Gasteiger partial charge in [0.15, 0.2) is 0 Å². The van der Waals surface area contributed by atoms with Gasteiger partial charge in [0, 0.05) is 11.6 Å². The zero-order chi connectivity index (χ0) is 19.4. The number of hydrogen-bond acceptors (Lipinski definition) is 3. The first kappa shape index (κ1) is 18.9. The highest BCUT2D eigenvalue weighted by Gasteiger charge is 2.49. The predicted octanol–water partition coefficient (Wildman–Crippen LogP) is 2.47. The molecule has 1 heterocycles. The summed E-state index contributed by atoms with van der Waals surface area (Å²) in [4.78, 5) is 38.1. The Morgan fingerprint density at radius 1 is 1.11 bits per heavy atom. The summed E-state index contributed by atoms with van der Waals surface area (Å²) in [5.74, 6) is -0.823. The number of benzene rings is 2. The maximum Gasteiger partial charge on any atom is 0.325 e. The third-order valence-electron chi connectivity index (χ3n) is 4.58. The molecule has 4 amide bonds. The van der Waals surface area contributed by atoms with Gasteiger partial charge in [-0.3, -0.25) is 14.5 Å². The van der Waals surface area contributed by atoms with Crippen molar-refractivity contribution in [3.63, 3.8) is 0 Å². The number of amides is 4. The summed E-state index contributed by atoms with van der Waals surface area (Å²) in [6.45, 7) is 1.73. The van der Waals surface area contributed by atoms with Crippen molar-refractivity contribution in [3.05, 3.63) is 70.7 Å². The Morgan fingerprint density at radius 2 is 1.78 bits per heavy atom. The summed E-state index contributed by atoms with van der Waals surface area (Å²) in [7, 11) is 0. The number of urea groups is 1. The van der Waals surface area contributed by atoms with E-state index in [0.29, 0.717) is 23.6 Å². The lowest BCUT2D eigenvalue weighted by Crippen LogP contribution is -2.43. The van der Waals surface area contributed by atoms with Crippen LogP contribution in [0, 0.1) is 0 Å². The van der Waals surface area contributed by atoms with Gasteiger partial charge in [0.2, 0.25) is 5.91 Å². The first-order valence-corrected chi connectivity index (χ1v) is 8.99. The largest absolute Gasteiger partial charge is 0.354 e. The molecule has 0 radical (unpaired) electrons. The zero-order valence-electron chi connectivity index (χ0n) is 14.9. The molecule has 140 valence electrons. The van der Waals surface area contributed by atoms with E-state index in [4.69, 9.17) is 11.6 Å². The lowest BCUT2D eigenvalue weighted by Gasteiger charge is -2.22. The van der Waals surface area contributed by atoms with Gasteiger partial charge in [-0.25, -0.2) is 4.79 Å². The van der Waals surface area contributed by atoms with E-state index in [1.165, 1.54) is 0 Å². The van der Waals surface area contributed by atoms with Crippen molar-refractivity contribution in [1.29, 1.82) is 0 Å². The van der Waals surface area contributed by atoms with Gasteiger partial charge in [-0.15, -0.1) is 0 Å². The van der Waals surface area contributed by atoms with Crippen molar-refractivity contribution in [1.82, 2.24) is 15.5 Å². The first-order valence-electron chi connectivity index (χ1n) is 8.61. The van der Waals surface area contributed by atoms with Crippen molar-refractivity contribution < 1.29 is 14.4 Å². The minimum atomic E-state index is -1.16. The maximum atomic E-state index is 12.8. The van der Waals surface area contributed by atoms with Crippen molar-refractivity contribution in [2.45, 2.75) is 18.9 Å². The Morgan fingerprint density at radius 3 is 2.44 bits per heavy atom. The Kier molecular flexibility index (Phi) is 5.46. The van der Waals surface area contributed by atoms with E-state index in [2.05, 4.69) is 10.6 Å². The van der Waals surface area contributed by atoms with Gasteiger partial charge in [0.05, 0.1) is 0 Å². The molecule has 27 heavy (non-hydrogen) atoms. The van der Waals surface area contributed by atoms with Gasteiger partial charge in [-0.2, -0.15) is 0 Å². The Bertz CT molecular complexity index is 855. The summed E-state index contributed by atoms with van der Waals surface area (Å²) < 4.78 is 0. The van der Waals surface area contributed by atoms with Crippen LogP contribution in [0.3, 0.4) is 0 Å². The van der Waals surface area contributed by atoms with E-state index in [1.54, 1.807) is 43.3 Å². The molecule has 2 aromatic rings. The fourth-order valence-electron chi connectivity index (χ4n) is 3.00. The smallest absolute Gasteiger partial charge is 0.325 e. The van der Waals surface area contributed by atoms with Gasteiger partial charge in [0.25, 0.3) is 5.91 Å². The SMILES string of the molecule is C[C@@]1(c2ccccc2)NC(=O)N(CC(=O)NCCc2ccc(Cl)cc2)C1=O. The van der Waals surface area contributed by atoms with Crippen molar-refractivity contribution >= 4 is 29.4 Å². The number of nitrogens with one attached hydrogen (secondary N) is 2. The van der Waals surface area contributed by atoms with Crippen LogP contribution in [0.5, 0.6) is 0 Å². The third kappa shape index (κ3) is 4.11. The number of imide groups is 1. The number of hydrogen-bond donors (Lipinski definition) is 2. The second kappa shape index (κ2) is 7.80. The van der Waals surface area contributed by atoms with Crippen LogP contribution in [0.15, 0.2) is 54.6 Å². The number of halogens is 1. The van der Waals surface area contributed by atoms with Crippen LogP contribution in [0.25, 0.3) is 0 Å². The molecule has 2 N–H and O–H groups in total. The molecule has 1 fully saturated rings. The van der Waals surface area contributed by atoms with E-state index in [-0.39, 0.29) is 12.5 Å². The summed E-state index contributed by atoms with van der Waals surface area (Å²) in [6.07, 6.45) is 0.630. The molecule has 0 unspecified atom stereocenters. The monoisotopic (exact) mass is 385 g/mol. The summed E-state index contributed by atoms with van der Waals surface area (Å²) >= 11 is 5.84. The van der Waals surface area contributed by atoms with Gasteiger partial charge in [-0.1, -0.05) is 54.1 Å². The molecule has 1 atom stereocenters. The molecule has 2 aromatic carbocycles. The average Bonchev–Trinajstić information content (AvgIpc) is 2.88. The fraction of sp³-hybridized carbons (Fsp3) is 0.250. The quantitative estimate of drug-likeness (QED) is 0.750. The molecule has 7 heteroatoms. The van der Waals surface area contributed by atoms with Crippen molar-refractivity contribution in [2.75, 3.05) is 13.1 Å². The van der Waals surface area contributed by atoms with Gasteiger partial charge in [0.1, 0.15) is 12.1 Å². The molecule has 3 rings (SSSR count).